The number of benzene rings is 2. The summed E-state index contributed by atoms with van der Waals surface area (Å²) in [5, 5.41) is 21.9. The molecule has 0 aliphatic rings. The van der Waals surface area contributed by atoms with E-state index in [4.69, 9.17) is 10.5 Å². The number of carbonyl (C=O) groups excluding carboxylic acids is 2. The molecular formula is C18H14N4O4S. The highest BCUT2D eigenvalue weighted by Gasteiger charge is 2.17. The summed E-state index contributed by atoms with van der Waals surface area (Å²) in [5.74, 6) is -0.968. The van der Waals surface area contributed by atoms with E-state index in [1.54, 1.807) is 12.1 Å². The molecule has 27 heavy (non-hydrogen) atoms. The average Bonchev–Trinajstić information content (AvgIpc) is 2.63. The molecule has 0 bridgehead atoms. The van der Waals surface area contributed by atoms with Gasteiger partial charge in [0.1, 0.15) is 12.8 Å². The highest BCUT2D eigenvalue weighted by molar-refractivity contribution is 7.91. The van der Waals surface area contributed by atoms with Crippen LogP contribution in [-0.2, 0) is 19.4 Å². The Bertz CT molecular complexity index is 951. The van der Waals surface area contributed by atoms with Crippen molar-refractivity contribution >= 4 is 33.0 Å². The second-order valence-electron chi connectivity index (χ2n) is 5.32. The molecule has 0 unspecified atom stereocenters. The number of amides is 2. The molecule has 0 aliphatic heterocycles. The van der Waals surface area contributed by atoms with Crippen molar-refractivity contribution in [2.45, 2.75) is 22.6 Å². The van der Waals surface area contributed by atoms with Crippen molar-refractivity contribution in [2.75, 3.05) is 10.6 Å². The van der Waals surface area contributed by atoms with Gasteiger partial charge in [0, 0.05) is 11.4 Å². The third-order valence-electron chi connectivity index (χ3n) is 3.38. The molecule has 2 aromatic rings. The van der Waals surface area contributed by atoms with E-state index in [1.807, 2.05) is 0 Å². The molecule has 0 aliphatic carbocycles. The van der Waals surface area contributed by atoms with E-state index in [0.29, 0.717) is 11.4 Å². The Morgan fingerprint density at radius 2 is 1.07 bits per heavy atom. The van der Waals surface area contributed by atoms with E-state index in [0.717, 1.165) is 0 Å². The molecule has 0 saturated carbocycles. The molecule has 2 aromatic carbocycles. The van der Waals surface area contributed by atoms with E-state index >= 15 is 0 Å². The fourth-order valence-corrected chi connectivity index (χ4v) is 3.39. The Labute approximate surface area is 156 Å². The van der Waals surface area contributed by atoms with Gasteiger partial charge < -0.3 is 10.6 Å². The van der Waals surface area contributed by atoms with Gasteiger partial charge >= 0.3 is 0 Å². The summed E-state index contributed by atoms with van der Waals surface area (Å²) in [6.45, 7) is 0. The molecule has 0 heterocycles. The lowest BCUT2D eigenvalue weighted by atomic mass is 10.3. The van der Waals surface area contributed by atoms with Crippen LogP contribution in [0.2, 0.25) is 0 Å². The third kappa shape index (κ3) is 5.14. The summed E-state index contributed by atoms with van der Waals surface area (Å²) in [6, 6.07) is 14.5. The Kier molecular flexibility index (Phi) is 6.26. The second-order valence-corrected chi connectivity index (χ2v) is 7.27. The van der Waals surface area contributed by atoms with Crippen LogP contribution in [0.25, 0.3) is 0 Å². The zero-order valence-electron chi connectivity index (χ0n) is 14.0. The summed E-state index contributed by atoms with van der Waals surface area (Å²) in [7, 11) is -3.78. The van der Waals surface area contributed by atoms with Gasteiger partial charge in [-0.3, -0.25) is 9.59 Å². The molecule has 0 aromatic heterocycles. The van der Waals surface area contributed by atoms with E-state index in [9.17, 15) is 18.0 Å². The quantitative estimate of drug-likeness (QED) is 0.785. The van der Waals surface area contributed by atoms with Crippen LogP contribution in [0, 0.1) is 22.7 Å². The molecule has 9 heteroatoms. The van der Waals surface area contributed by atoms with Crippen molar-refractivity contribution in [1.82, 2.24) is 0 Å². The largest absolute Gasteiger partial charge is 0.325 e. The molecule has 0 fully saturated rings. The van der Waals surface area contributed by atoms with Gasteiger partial charge in [-0.2, -0.15) is 10.5 Å². The van der Waals surface area contributed by atoms with Gasteiger partial charge in [0.2, 0.25) is 21.7 Å². The maximum absolute atomic E-state index is 12.6. The smallest absolute Gasteiger partial charge is 0.238 e. The number of nitrogens with one attached hydrogen (secondary N) is 2. The van der Waals surface area contributed by atoms with E-state index in [-0.39, 0.29) is 22.6 Å². The number of rotatable bonds is 6. The maximum atomic E-state index is 12.6. The van der Waals surface area contributed by atoms with Crippen molar-refractivity contribution in [3.05, 3.63) is 48.5 Å². The minimum atomic E-state index is -3.78. The normalized spacial score (nSPS) is 10.3. The van der Waals surface area contributed by atoms with E-state index in [1.165, 1.54) is 48.5 Å². The molecule has 0 spiro atoms. The van der Waals surface area contributed by atoms with Crippen molar-refractivity contribution in [1.29, 1.82) is 10.5 Å². The van der Waals surface area contributed by atoms with Crippen molar-refractivity contribution in [3.8, 4) is 12.1 Å². The Morgan fingerprint density at radius 3 is 1.37 bits per heavy atom. The molecule has 136 valence electrons. The standard InChI is InChI=1S/C18H14N4O4S/c19-11-9-17(23)21-13-1-5-15(6-2-13)27(25,26)16-7-3-14(4-8-16)22-18(24)10-12-20/h1-8H,9-10H2,(H,21,23)(H,22,24). The van der Waals surface area contributed by atoms with Crippen LogP contribution in [0.15, 0.2) is 58.3 Å². The number of nitrogens with zero attached hydrogens (tertiary/aromatic N) is 2. The zero-order chi connectivity index (χ0) is 19.9. The maximum Gasteiger partial charge on any atom is 0.238 e. The van der Waals surface area contributed by atoms with Gasteiger partial charge in [0.05, 0.1) is 21.9 Å². The number of hydrogen-bond donors (Lipinski definition) is 2. The molecule has 2 rings (SSSR count). The first-order valence-corrected chi connectivity index (χ1v) is 9.14. The minimum absolute atomic E-state index is 0.0297. The topological polar surface area (TPSA) is 140 Å². The average molecular weight is 382 g/mol. The van der Waals surface area contributed by atoms with Crippen LogP contribution >= 0.6 is 0 Å². The lowest BCUT2D eigenvalue weighted by Crippen LogP contribution is -2.11. The summed E-state index contributed by atoms with van der Waals surface area (Å²) in [6.07, 6.45) is -0.589. The van der Waals surface area contributed by atoms with Crippen LogP contribution in [-0.4, -0.2) is 20.2 Å². The highest BCUT2D eigenvalue weighted by Crippen LogP contribution is 2.23. The third-order valence-corrected chi connectivity index (χ3v) is 5.16. The van der Waals surface area contributed by atoms with Gasteiger partial charge in [-0.25, -0.2) is 8.42 Å². The van der Waals surface area contributed by atoms with E-state index in [2.05, 4.69) is 10.6 Å². The first-order chi connectivity index (χ1) is 12.9. The molecular weight excluding hydrogens is 368 g/mol. The number of anilines is 2. The van der Waals surface area contributed by atoms with Crippen LogP contribution in [0.1, 0.15) is 12.8 Å². The summed E-state index contributed by atoms with van der Waals surface area (Å²) in [5.41, 5.74) is 0.759. The molecule has 0 saturated heterocycles. The zero-order valence-corrected chi connectivity index (χ0v) is 14.8. The first-order valence-electron chi connectivity index (χ1n) is 7.65. The first kappa shape index (κ1) is 19.6. The van der Waals surface area contributed by atoms with Crippen molar-refractivity contribution in [3.63, 3.8) is 0 Å². The Hall–Kier alpha value is -3.69. The molecule has 2 N–H and O–H groups in total. The lowest BCUT2D eigenvalue weighted by Gasteiger charge is -2.08. The predicted octanol–water partition coefficient (Wildman–Crippen LogP) is 2.22. The monoisotopic (exact) mass is 382 g/mol. The number of carbonyl (C=O) groups is 2. The van der Waals surface area contributed by atoms with Crippen LogP contribution < -0.4 is 10.6 Å². The van der Waals surface area contributed by atoms with Crippen molar-refractivity contribution < 1.29 is 18.0 Å². The van der Waals surface area contributed by atoms with Gasteiger partial charge in [-0.15, -0.1) is 0 Å². The van der Waals surface area contributed by atoms with Gasteiger partial charge in [-0.1, -0.05) is 0 Å². The number of nitriles is 2. The summed E-state index contributed by atoms with van der Waals surface area (Å²) in [4.78, 5) is 22.8. The summed E-state index contributed by atoms with van der Waals surface area (Å²) < 4.78 is 25.3. The fourth-order valence-electron chi connectivity index (χ4n) is 2.12. The van der Waals surface area contributed by atoms with Crippen LogP contribution in [0.3, 0.4) is 0 Å². The molecule has 0 atom stereocenters. The molecule has 0 radical (unpaired) electrons. The fraction of sp³-hybridized carbons (Fsp3) is 0.111. The van der Waals surface area contributed by atoms with Crippen LogP contribution in [0.4, 0.5) is 11.4 Å². The predicted molar refractivity (Wildman–Crippen MR) is 96.1 cm³/mol. The van der Waals surface area contributed by atoms with E-state index < -0.39 is 21.7 Å². The molecule has 2 amide bonds. The minimum Gasteiger partial charge on any atom is -0.325 e. The number of sulfone groups is 1. The number of hydrogen-bond acceptors (Lipinski definition) is 6. The van der Waals surface area contributed by atoms with Gasteiger partial charge in [0.15, 0.2) is 0 Å². The SMILES string of the molecule is N#CCC(=O)Nc1ccc(S(=O)(=O)c2ccc(NC(=O)CC#N)cc2)cc1. The second kappa shape index (κ2) is 8.61. The lowest BCUT2D eigenvalue weighted by molar-refractivity contribution is -0.116. The summed E-state index contributed by atoms with van der Waals surface area (Å²) >= 11 is 0. The van der Waals surface area contributed by atoms with Crippen LogP contribution in [0.5, 0.6) is 0 Å². The van der Waals surface area contributed by atoms with Gasteiger partial charge in [-0.05, 0) is 48.5 Å². The Balaban J connectivity index is 2.16. The van der Waals surface area contributed by atoms with Gasteiger partial charge in [0.25, 0.3) is 0 Å². The highest BCUT2D eigenvalue weighted by atomic mass is 32.2. The molecule has 8 nitrogen and oxygen atoms in total. The Morgan fingerprint density at radius 1 is 0.741 bits per heavy atom. The van der Waals surface area contributed by atoms with Crippen molar-refractivity contribution in [2.24, 2.45) is 0 Å².